The third-order valence-corrected chi connectivity index (χ3v) is 7.31. The average molecular weight is 385 g/mol. The minimum atomic E-state index is -0.0582. The maximum absolute atomic E-state index is 2.45. The van der Waals surface area contributed by atoms with E-state index in [1.807, 2.05) is 0 Å². The van der Waals surface area contributed by atoms with Gasteiger partial charge in [-0.15, -0.1) is 0 Å². The molecule has 29 heavy (non-hydrogen) atoms. The van der Waals surface area contributed by atoms with Gasteiger partial charge in [0.15, 0.2) is 0 Å². The molecule has 0 nitrogen and oxygen atoms in total. The van der Waals surface area contributed by atoms with E-state index in [9.17, 15) is 0 Å². The van der Waals surface area contributed by atoms with Gasteiger partial charge < -0.3 is 0 Å². The summed E-state index contributed by atoms with van der Waals surface area (Å²) in [6.07, 6.45) is 2.30. The van der Waals surface area contributed by atoms with E-state index in [0.29, 0.717) is 0 Å². The normalized spacial score (nSPS) is 12.8. The summed E-state index contributed by atoms with van der Waals surface area (Å²) in [6, 6.07) is 30.9. The first-order valence-corrected chi connectivity index (χ1v) is 10.9. The maximum atomic E-state index is 2.45. The van der Waals surface area contributed by atoms with E-state index in [4.69, 9.17) is 0 Å². The van der Waals surface area contributed by atoms with E-state index in [0.717, 1.165) is 12.8 Å². The van der Waals surface area contributed by atoms with Crippen LogP contribution in [0, 0.1) is 12.3 Å². The van der Waals surface area contributed by atoms with Crippen LogP contribution in [0.5, 0.6) is 0 Å². The molecule has 3 aromatic carbocycles. The number of hydrogen-bond donors (Lipinski definition) is 0. The summed E-state index contributed by atoms with van der Waals surface area (Å²) in [7, 11) is 0. The zero-order chi connectivity index (χ0) is 21.1. The Labute approximate surface area is 178 Å². The fourth-order valence-electron chi connectivity index (χ4n) is 4.83. The van der Waals surface area contributed by atoms with Crippen molar-refractivity contribution in [3.05, 3.63) is 107 Å². The first-order valence-electron chi connectivity index (χ1n) is 10.9. The van der Waals surface area contributed by atoms with Gasteiger partial charge in [-0.1, -0.05) is 120 Å². The Morgan fingerprint density at radius 1 is 0.552 bits per heavy atom. The van der Waals surface area contributed by atoms with Crippen LogP contribution in [-0.4, -0.2) is 0 Å². The lowest BCUT2D eigenvalue weighted by atomic mass is 9.56. The molecule has 0 saturated heterocycles. The number of rotatable bonds is 7. The summed E-state index contributed by atoms with van der Waals surface area (Å²) in [5.41, 5.74) is 5.83. The highest BCUT2D eigenvalue weighted by molar-refractivity contribution is 5.41. The van der Waals surface area contributed by atoms with Gasteiger partial charge in [0.2, 0.25) is 0 Å². The van der Waals surface area contributed by atoms with E-state index in [1.54, 1.807) is 0 Å². The predicted molar refractivity (Wildman–Crippen MR) is 127 cm³/mol. The summed E-state index contributed by atoms with van der Waals surface area (Å²) in [4.78, 5) is 0. The second-order valence-corrected chi connectivity index (χ2v) is 9.94. The Morgan fingerprint density at radius 2 is 1.00 bits per heavy atom. The van der Waals surface area contributed by atoms with Crippen LogP contribution in [0.3, 0.4) is 0 Å². The van der Waals surface area contributed by atoms with Gasteiger partial charge in [-0.2, -0.15) is 0 Å². The Bertz CT molecular complexity index is 877. The molecule has 0 bridgehead atoms. The van der Waals surface area contributed by atoms with Gasteiger partial charge in [0.1, 0.15) is 0 Å². The van der Waals surface area contributed by atoms with E-state index in [-0.39, 0.29) is 16.2 Å². The van der Waals surface area contributed by atoms with E-state index < -0.39 is 0 Å². The van der Waals surface area contributed by atoms with E-state index >= 15 is 0 Å². The Morgan fingerprint density at radius 3 is 1.48 bits per heavy atom. The van der Waals surface area contributed by atoms with Gasteiger partial charge in [0.05, 0.1) is 0 Å². The molecule has 0 aliphatic carbocycles. The average Bonchev–Trinajstić information content (AvgIpc) is 2.73. The molecule has 0 aromatic heterocycles. The highest BCUT2D eigenvalue weighted by Crippen LogP contribution is 2.50. The summed E-state index contributed by atoms with van der Waals surface area (Å²) in [6.45, 7) is 14.3. The molecule has 0 N–H and O–H groups in total. The standard InChI is InChI=1S/C29H36/c1-23-15-13-14-20-26(23)27(2,3)21-22-28(4,5)29(6,24-16-9-7-10-17-24)25-18-11-8-12-19-25/h7-20H,21-22H2,1-6H3. The minimum absolute atomic E-state index is 0.0582. The van der Waals surface area contributed by atoms with Crippen molar-refractivity contribution in [3.8, 4) is 0 Å². The van der Waals surface area contributed by atoms with Crippen molar-refractivity contribution in [2.24, 2.45) is 5.41 Å². The Kier molecular flexibility index (Phi) is 6.03. The monoisotopic (exact) mass is 384 g/mol. The molecular formula is C29H36. The van der Waals surface area contributed by atoms with E-state index in [1.165, 1.54) is 22.3 Å². The van der Waals surface area contributed by atoms with Crippen LogP contribution >= 0.6 is 0 Å². The molecular weight excluding hydrogens is 348 g/mol. The van der Waals surface area contributed by atoms with Crippen molar-refractivity contribution in [3.63, 3.8) is 0 Å². The van der Waals surface area contributed by atoms with Crippen LogP contribution in [0.15, 0.2) is 84.9 Å². The molecule has 0 aliphatic heterocycles. The van der Waals surface area contributed by atoms with Crippen molar-refractivity contribution < 1.29 is 0 Å². The number of aryl methyl sites for hydroxylation is 1. The summed E-state index contributed by atoms with van der Waals surface area (Å²) in [5, 5.41) is 0. The van der Waals surface area contributed by atoms with Crippen molar-refractivity contribution in [1.82, 2.24) is 0 Å². The molecule has 3 rings (SSSR count). The molecule has 0 fully saturated rings. The van der Waals surface area contributed by atoms with Gasteiger partial charge in [0, 0.05) is 5.41 Å². The number of benzene rings is 3. The third-order valence-electron chi connectivity index (χ3n) is 7.31. The smallest absolute Gasteiger partial charge is 0.0225 e. The molecule has 0 unspecified atom stereocenters. The predicted octanol–water partition coefficient (Wildman–Crippen LogP) is 8.09. The molecule has 0 atom stereocenters. The first-order chi connectivity index (χ1) is 13.7. The van der Waals surface area contributed by atoms with Crippen LogP contribution in [0.25, 0.3) is 0 Å². The summed E-state index contributed by atoms with van der Waals surface area (Å²) >= 11 is 0. The van der Waals surface area contributed by atoms with Gasteiger partial charge in [-0.05, 0) is 52.8 Å². The quantitative estimate of drug-likeness (QED) is 0.386. The zero-order valence-electron chi connectivity index (χ0n) is 19.0. The molecule has 152 valence electrons. The summed E-state index contributed by atoms with van der Waals surface area (Å²) in [5.74, 6) is 0. The zero-order valence-corrected chi connectivity index (χ0v) is 19.0. The minimum Gasteiger partial charge on any atom is -0.0622 e. The highest BCUT2D eigenvalue weighted by atomic mass is 14.5. The van der Waals surface area contributed by atoms with Crippen molar-refractivity contribution in [2.75, 3.05) is 0 Å². The molecule has 3 aromatic rings. The maximum Gasteiger partial charge on any atom is 0.0225 e. The van der Waals surface area contributed by atoms with Crippen molar-refractivity contribution >= 4 is 0 Å². The van der Waals surface area contributed by atoms with Crippen LogP contribution in [0.1, 0.15) is 69.7 Å². The molecule has 0 heteroatoms. The van der Waals surface area contributed by atoms with Crippen LogP contribution in [0.4, 0.5) is 0 Å². The fourth-order valence-corrected chi connectivity index (χ4v) is 4.83. The Balaban J connectivity index is 1.97. The molecule has 0 saturated carbocycles. The highest BCUT2D eigenvalue weighted by Gasteiger charge is 2.44. The van der Waals surface area contributed by atoms with Crippen LogP contribution in [-0.2, 0) is 10.8 Å². The van der Waals surface area contributed by atoms with Crippen LogP contribution in [0.2, 0.25) is 0 Å². The SMILES string of the molecule is Cc1ccccc1C(C)(C)CCC(C)(C)C(C)(c1ccccc1)c1ccccc1. The lowest BCUT2D eigenvalue weighted by molar-refractivity contribution is 0.180. The molecule has 0 heterocycles. The second-order valence-electron chi connectivity index (χ2n) is 9.94. The van der Waals surface area contributed by atoms with Gasteiger partial charge in [-0.25, -0.2) is 0 Å². The van der Waals surface area contributed by atoms with Crippen molar-refractivity contribution in [2.45, 2.75) is 65.2 Å². The fraction of sp³-hybridized carbons (Fsp3) is 0.379. The molecule has 0 aliphatic rings. The lowest BCUT2D eigenvalue weighted by Crippen LogP contribution is -2.41. The largest absolute Gasteiger partial charge is 0.0622 e. The van der Waals surface area contributed by atoms with Crippen molar-refractivity contribution in [1.29, 1.82) is 0 Å². The summed E-state index contributed by atoms with van der Waals surface area (Å²) < 4.78 is 0. The van der Waals surface area contributed by atoms with Gasteiger partial charge in [-0.3, -0.25) is 0 Å². The number of hydrogen-bond acceptors (Lipinski definition) is 0. The van der Waals surface area contributed by atoms with E-state index in [2.05, 4.69) is 126 Å². The van der Waals surface area contributed by atoms with Gasteiger partial charge >= 0.3 is 0 Å². The third kappa shape index (κ3) is 4.17. The van der Waals surface area contributed by atoms with Crippen LogP contribution < -0.4 is 0 Å². The lowest BCUT2D eigenvalue weighted by Gasteiger charge is -2.47. The molecule has 0 spiro atoms. The second kappa shape index (κ2) is 8.19. The molecule has 0 amide bonds. The molecule has 0 radical (unpaired) electrons. The first kappa shape index (κ1) is 21.4. The Hall–Kier alpha value is -2.34. The van der Waals surface area contributed by atoms with Gasteiger partial charge in [0.25, 0.3) is 0 Å². The topological polar surface area (TPSA) is 0 Å².